The standard InChI is InChI=1S/C20H25N3OS/c1-15(2)16-7-3-4-8-17(16)21-20(25)23-13-11-22(12-14-23)18-9-5-6-10-19(18)24/h3-10,15,24H,11-14H2,1-2H3,(H,21,25). The van der Waals surface area contributed by atoms with Crippen LogP contribution >= 0.6 is 12.2 Å². The number of rotatable bonds is 3. The minimum Gasteiger partial charge on any atom is -0.506 e. The Morgan fingerprint density at radius 2 is 1.64 bits per heavy atom. The maximum Gasteiger partial charge on any atom is 0.173 e. The topological polar surface area (TPSA) is 38.7 Å². The Kier molecular flexibility index (Phi) is 5.43. The van der Waals surface area contributed by atoms with Crippen LogP contribution in [-0.4, -0.2) is 41.3 Å². The molecule has 0 spiro atoms. The summed E-state index contributed by atoms with van der Waals surface area (Å²) in [4.78, 5) is 4.40. The van der Waals surface area contributed by atoms with Crippen LogP contribution in [0.4, 0.5) is 11.4 Å². The molecule has 1 aliphatic rings. The van der Waals surface area contributed by atoms with E-state index in [0.717, 1.165) is 42.7 Å². The van der Waals surface area contributed by atoms with E-state index in [2.05, 4.69) is 47.2 Å². The fourth-order valence-electron chi connectivity index (χ4n) is 3.19. The minimum absolute atomic E-state index is 0.336. The van der Waals surface area contributed by atoms with Crippen LogP contribution in [-0.2, 0) is 0 Å². The molecule has 25 heavy (non-hydrogen) atoms. The van der Waals surface area contributed by atoms with E-state index in [1.54, 1.807) is 6.07 Å². The normalized spacial score (nSPS) is 14.7. The lowest BCUT2D eigenvalue weighted by Gasteiger charge is -2.37. The zero-order chi connectivity index (χ0) is 17.8. The number of piperazine rings is 1. The van der Waals surface area contributed by atoms with Crippen molar-refractivity contribution in [2.75, 3.05) is 36.4 Å². The molecule has 2 aromatic rings. The van der Waals surface area contributed by atoms with Gasteiger partial charge in [-0.1, -0.05) is 44.2 Å². The Bertz CT molecular complexity index is 739. The Hall–Kier alpha value is -2.27. The molecule has 5 heteroatoms. The Balaban J connectivity index is 1.62. The van der Waals surface area contributed by atoms with E-state index in [4.69, 9.17) is 12.2 Å². The van der Waals surface area contributed by atoms with E-state index < -0.39 is 0 Å². The number of thiocarbonyl (C=S) groups is 1. The molecular weight excluding hydrogens is 330 g/mol. The third-order valence-corrected chi connectivity index (χ3v) is 4.97. The number of nitrogens with one attached hydrogen (secondary N) is 1. The SMILES string of the molecule is CC(C)c1ccccc1NC(=S)N1CCN(c2ccccc2O)CC1. The van der Waals surface area contributed by atoms with Gasteiger partial charge in [0, 0.05) is 31.9 Å². The summed E-state index contributed by atoms with van der Waals surface area (Å²) in [6.45, 7) is 7.73. The maximum atomic E-state index is 10.0. The van der Waals surface area contributed by atoms with Crippen LogP contribution in [0.3, 0.4) is 0 Å². The Morgan fingerprint density at radius 3 is 2.32 bits per heavy atom. The summed E-state index contributed by atoms with van der Waals surface area (Å²) < 4.78 is 0. The maximum absolute atomic E-state index is 10.0. The van der Waals surface area contributed by atoms with Gasteiger partial charge in [0.25, 0.3) is 0 Å². The predicted octanol–water partition coefficient (Wildman–Crippen LogP) is 4.03. The number of para-hydroxylation sites is 3. The molecule has 0 unspecified atom stereocenters. The molecule has 4 nitrogen and oxygen atoms in total. The number of benzene rings is 2. The zero-order valence-electron chi connectivity index (χ0n) is 14.8. The highest BCUT2D eigenvalue weighted by Crippen LogP contribution is 2.28. The predicted molar refractivity (Wildman–Crippen MR) is 109 cm³/mol. The zero-order valence-corrected chi connectivity index (χ0v) is 15.6. The van der Waals surface area contributed by atoms with E-state index in [9.17, 15) is 5.11 Å². The number of hydrogen-bond donors (Lipinski definition) is 2. The van der Waals surface area contributed by atoms with Crippen molar-refractivity contribution < 1.29 is 5.11 Å². The van der Waals surface area contributed by atoms with Gasteiger partial charge in [0.1, 0.15) is 5.75 Å². The molecule has 0 bridgehead atoms. The molecular formula is C20H25N3OS. The molecule has 1 saturated heterocycles. The van der Waals surface area contributed by atoms with Crippen LogP contribution in [0.5, 0.6) is 5.75 Å². The highest BCUT2D eigenvalue weighted by Gasteiger charge is 2.21. The van der Waals surface area contributed by atoms with E-state index in [0.29, 0.717) is 11.7 Å². The highest BCUT2D eigenvalue weighted by atomic mass is 32.1. The summed E-state index contributed by atoms with van der Waals surface area (Å²) in [5, 5.41) is 14.2. The third-order valence-electron chi connectivity index (χ3n) is 4.61. The van der Waals surface area contributed by atoms with Crippen molar-refractivity contribution in [3.05, 3.63) is 54.1 Å². The van der Waals surface area contributed by atoms with Gasteiger partial charge in [-0.15, -0.1) is 0 Å². The average molecular weight is 356 g/mol. The fraction of sp³-hybridized carbons (Fsp3) is 0.350. The number of phenolic OH excluding ortho intramolecular Hbond substituents is 1. The lowest BCUT2D eigenvalue weighted by Crippen LogP contribution is -2.50. The first-order chi connectivity index (χ1) is 12.1. The first kappa shape index (κ1) is 17.5. The van der Waals surface area contributed by atoms with Crippen LogP contribution in [0.1, 0.15) is 25.3 Å². The van der Waals surface area contributed by atoms with Crippen molar-refractivity contribution in [3.63, 3.8) is 0 Å². The van der Waals surface area contributed by atoms with Gasteiger partial charge in [-0.25, -0.2) is 0 Å². The van der Waals surface area contributed by atoms with Crippen molar-refractivity contribution in [1.29, 1.82) is 0 Å². The van der Waals surface area contributed by atoms with Gasteiger partial charge in [0.15, 0.2) is 5.11 Å². The second kappa shape index (κ2) is 7.74. The van der Waals surface area contributed by atoms with Gasteiger partial charge in [0.05, 0.1) is 5.69 Å². The summed E-state index contributed by atoms with van der Waals surface area (Å²) in [6.07, 6.45) is 0. The highest BCUT2D eigenvalue weighted by molar-refractivity contribution is 7.80. The molecule has 0 saturated carbocycles. The van der Waals surface area contributed by atoms with Crippen LogP contribution in [0.25, 0.3) is 0 Å². The molecule has 0 aliphatic carbocycles. The van der Waals surface area contributed by atoms with Crippen molar-refractivity contribution in [1.82, 2.24) is 4.90 Å². The summed E-state index contributed by atoms with van der Waals surface area (Å²) in [5.41, 5.74) is 3.26. The first-order valence-electron chi connectivity index (χ1n) is 8.74. The number of phenols is 1. The second-order valence-electron chi connectivity index (χ2n) is 6.63. The molecule has 1 fully saturated rings. The number of anilines is 2. The van der Waals surface area contributed by atoms with Crippen LogP contribution < -0.4 is 10.2 Å². The first-order valence-corrected chi connectivity index (χ1v) is 9.15. The minimum atomic E-state index is 0.336. The molecule has 132 valence electrons. The van der Waals surface area contributed by atoms with Crippen molar-refractivity contribution in [2.24, 2.45) is 0 Å². The summed E-state index contributed by atoms with van der Waals surface area (Å²) in [7, 11) is 0. The van der Waals surface area contributed by atoms with Gasteiger partial charge in [-0.2, -0.15) is 0 Å². The molecule has 3 rings (SSSR count). The van der Waals surface area contributed by atoms with Crippen molar-refractivity contribution in [2.45, 2.75) is 19.8 Å². The molecule has 0 radical (unpaired) electrons. The van der Waals surface area contributed by atoms with E-state index in [1.165, 1.54) is 5.56 Å². The summed E-state index contributed by atoms with van der Waals surface area (Å²) >= 11 is 5.63. The fourth-order valence-corrected chi connectivity index (χ4v) is 3.48. The second-order valence-corrected chi connectivity index (χ2v) is 7.02. The van der Waals surface area contributed by atoms with Crippen molar-refractivity contribution >= 4 is 28.7 Å². The van der Waals surface area contributed by atoms with Gasteiger partial charge in [0.2, 0.25) is 0 Å². The number of hydrogen-bond acceptors (Lipinski definition) is 3. The summed E-state index contributed by atoms with van der Waals surface area (Å²) in [6, 6.07) is 15.8. The monoisotopic (exact) mass is 355 g/mol. The molecule has 2 N–H and O–H groups in total. The van der Waals surface area contributed by atoms with Crippen LogP contribution in [0, 0.1) is 0 Å². The number of aromatic hydroxyl groups is 1. The quantitative estimate of drug-likeness (QED) is 0.813. The molecule has 1 heterocycles. The van der Waals surface area contributed by atoms with E-state index >= 15 is 0 Å². The largest absolute Gasteiger partial charge is 0.506 e. The third kappa shape index (κ3) is 4.04. The van der Waals surface area contributed by atoms with E-state index in [1.807, 2.05) is 24.3 Å². The van der Waals surface area contributed by atoms with Crippen LogP contribution in [0.2, 0.25) is 0 Å². The van der Waals surface area contributed by atoms with Crippen molar-refractivity contribution in [3.8, 4) is 5.75 Å². The van der Waals surface area contributed by atoms with Gasteiger partial charge in [-0.3, -0.25) is 0 Å². The molecule has 0 aromatic heterocycles. The number of nitrogens with zero attached hydrogens (tertiary/aromatic N) is 2. The van der Waals surface area contributed by atoms with Gasteiger partial charge < -0.3 is 20.2 Å². The van der Waals surface area contributed by atoms with Gasteiger partial charge in [-0.05, 0) is 41.9 Å². The van der Waals surface area contributed by atoms with E-state index in [-0.39, 0.29) is 0 Å². The Morgan fingerprint density at radius 1 is 1.00 bits per heavy atom. The molecule has 2 aromatic carbocycles. The average Bonchev–Trinajstić information content (AvgIpc) is 2.62. The summed E-state index contributed by atoms with van der Waals surface area (Å²) in [5.74, 6) is 0.784. The van der Waals surface area contributed by atoms with Crippen LogP contribution in [0.15, 0.2) is 48.5 Å². The van der Waals surface area contributed by atoms with Gasteiger partial charge >= 0.3 is 0 Å². The lowest BCUT2D eigenvalue weighted by atomic mass is 10.0. The lowest BCUT2D eigenvalue weighted by molar-refractivity contribution is 0.387. The molecule has 0 atom stereocenters. The molecule has 0 amide bonds. The molecule has 1 aliphatic heterocycles. The Labute approximate surface area is 155 Å². The smallest absolute Gasteiger partial charge is 0.173 e.